The van der Waals surface area contributed by atoms with Crippen LogP contribution in [0.2, 0.25) is 0 Å². The maximum Gasteiger partial charge on any atom is 0.251 e. The molecule has 1 fully saturated rings. The Morgan fingerprint density at radius 2 is 1.52 bits per heavy atom. The van der Waals surface area contributed by atoms with E-state index in [9.17, 15) is 4.79 Å². The van der Waals surface area contributed by atoms with Crippen molar-refractivity contribution < 1.29 is 9.53 Å². The zero-order valence-electron chi connectivity index (χ0n) is 16.3. The third-order valence-electron chi connectivity index (χ3n) is 5.90. The van der Waals surface area contributed by atoms with Crippen LogP contribution in [0, 0.1) is 0 Å². The van der Waals surface area contributed by atoms with Crippen LogP contribution in [0.15, 0.2) is 66.7 Å². The molecule has 146 valence electrons. The molecule has 3 aromatic carbocycles. The van der Waals surface area contributed by atoms with Crippen LogP contribution in [0.4, 0.5) is 0 Å². The molecule has 0 spiro atoms. The number of para-hydroxylation sites is 1. The number of carbonyl (C=O) groups is 1. The molecule has 4 nitrogen and oxygen atoms in total. The smallest absolute Gasteiger partial charge is 0.251 e. The van der Waals surface area contributed by atoms with Crippen LogP contribution in [0.25, 0.3) is 11.1 Å². The average Bonchev–Trinajstić information content (AvgIpc) is 3.16. The van der Waals surface area contributed by atoms with Gasteiger partial charge in [0.2, 0.25) is 0 Å². The van der Waals surface area contributed by atoms with Gasteiger partial charge < -0.3 is 15.4 Å². The van der Waals surface area contributed by atoms with Gasteiger partial charge in [-0.2, -0.15) is 0 Å². The average molecular weight is 384 g/mol. The van der Waals surface area contributed by atoms with Crippen molar-refractivity contribution in [1.29, 1.82) is 0 Å². The predicted octanol–water partition coefficient (Wildman–Crippen LogP) is 4.86. The molecule has 1 amide bonds. The zero-order valence-corrected chi connectivity index (χ0v) is 16.3. The monoisotopic (exact) mass is 384 g/mol. The summed E-state index contributed by atoms with van der Waals surface area (Å²) in [4.78, 5) is 12.4. The number of fused-ring (bicyclic) bond motifs is 1. The van der Waals surface area contributed by atoms with Crippen molar-refractivity contribution in [2.24, 2.45) is 0 Å². The molecule has 29 heavy (non-hydrogen) atoms. The van der Waals surface area contributed by atoms with Crippen molar-refractivity contribution in [3.05, 3.63) is 83.4 Å². The molecule has 0 bridgehead atoms. The van der Waals surface area contributed by atoms with E-state index < -0.39 is 0 Å². The van der Waals surface area contributed by atoms with Crippen LogP contribution in [-0.4, -0.2) is 19.0 Å². The van der Waals surface area contributed by atoms with E-state index in [2.05, 4.69) is 34.9 Å². The number of ether oxygens (including phenoxy) is 1. The minimum atomic E-state index is 0.0427. The Morgan fingerprint density at radius 1 is 0.828 bits per heavy atom. The Hall–Kier alpha value is -3.11. The van der Waals surface area contributed by atoms with Gasteiger partial charge in [0.1, 0.15) is 11.5 Å². The Kier molecular flexibility index (Phi) is 4.78. The van der Waals surface area contributed by atoms with Crippen LogP contribution < -0.4 is 15.4 Å². The summed E-state index contributed by atoms with van der Waals surface area (Å²) in [5, 5.41) is 6.42. The Bertz CT molecular complexity index is 1020. The molecule has 5 rings (SSSR count). The summed E-state index contributed by atoms with van der Waals surface area (Å²) >= 11 is 0. The first kappa shape index (κ1) is 18.0. The van der Waals surface area contributed by atoms with Gasteiger partial charge in [-0.1, -0.05) is 36.4 Å². The first-order valence-electron chi connectivity index (χ1n) is 10.3. The number of benzene rings is 3. The summed E-state index contributed by atoms with van der Waals surface area (Å²) in [6, 6.07) is 22.4. The predicted molar refractivity (Wildman–Crippen MR) is 114 cm³/mol. The van der Waals surface area contributed by atoms with Gasteiger partial charge in [0.05, 0.1) is 0 Å². The third-order valence-corrected chi connectivity index (χ3v) is 5.90. The zero-order chi connectivity index (χ0) is 19.6. The highest BCUT2D eigenvalue weighted by Gasteiger charge is 2.26. The topological polar surface area (TPSA) is 50.4 Å². The minimum Gasteiger partial charge on any atom is -0.457 e. The van der Waals surface area contributed by atoms with Crippen LogP contribution in [0.5, 0.6) is 11.5 Å². The summed E-state index contributed by atoms with van der Waals surface area (Å²) in [5.41, 5.74) is 5.49. The van der Waals surface area contributed by atoms with Gasteiger partial charge in [0.25, 0.3) is 5.91 Å². The quantitative estimate of drug-likeness (QED) is 0.676. The molecule has 4 heteroatoms. The van der Waals surface area contributed by atoms with E-state index in [-0.39, 0.29) is 5.91 Å². The van der Waals surface area contributed by atoms with Crippen LogP contribution in [0.1, 0.15) is 40.2 Å². The Morgan fingerprint density at radius 3 is 2.28 bits per heavy atom. The van der Waals surface area contributed by atoms with Crippen molar-refractivity contribution in [3.63, 3.8) is 0 Å². The van der Waals surface area contributed by atoms with E-state index in [0.29, 0.717) is 12.5 Å². The molecule has 0 aliphatic carbocycles. The van der Waals surface area contributed by atoms with E-state index >= 15 is 0 Å². The molecule has 3 aromatic rings. The summed E-state index contributed by atoms with van der Waals surface area (Å²) < 4.78 is 5.92. The summed E-state index contributed by atoms with van der Waals surface area (Å²) in [6.07, 6.45) is 2.23. The minimum absolute atomic E-state index is 0.0427. The molecule has 0 unspecified atom stereocenters. The molecular formula is C25H24N2O2. The fourth-order valence-corrected chi connectivity index (χ4v) is 4.33. The maximum absolute atomic E-state index is 12.4. The maximum atomic E-state index is 12.4. The van der Waals surface area contributed by atoms with Crippen molar-refractivity contribution >= 4 is 5.91 Å². The molecule has 0 atom stereocenters. The van der Waals surface area contributed by atoms with Gasteiger partial charge in [0.15, 0.2) is 0 Å². The molecule has 2 N–H and O–H groups in total. The lowest BCUT2D eigenvalue weighted by atomic mass is 9.85. The van der Waals surface area contributed by atoms with Crippen LogP contribution in [0.3, 0.4) is 0 Å². The van der Waals surface area contributed by atoms with E-state index in [1.807, 2.05) is 42.5 Å². The second-order valence-electron chi connectivity index (χ2n) is 7.74. The first-order chi connectivity index (χ1) is 14.3. The standard InChI is InChI=1S/C25H24N2O2/c28-25-23-15-19(17-10-12-26-13-11-17)14-22(24(23)16-27-25)18-6-8-21(9-7-18)29-20-4-2-1-3-5-20/h1-9,14-15,17,26H,10-13,16H2,(H,27,28). The van der Waals surface area contributed by atoms with Crippen molar-refractivity contribution in [3.8, 4) is 22.6 Å². The first-order valence-corrected chi connectivity index (χ1v) is 10.3. The van der Waals surface area contributed by atoms with Gasteiger partial charge in [0, 0.05) is 12.1 Å². The number of nitrogens with one attached hydrogen (secondary N) is 2. The Balaban J connectivity index is 1.49. The molecule has 2 aliphatic rings. The number of piperidine rings is 1. The molecular weight excluding hydrogens is 360 g/mol. The van der Waals surface area contributed by atoms with Crippen molar-refractivity contribution in [2.75, 3.05) is 13.1 Å². The van der Waals surface area contributed by atoms with Gasteiger partial charge in [-0.25, -0.2) is 0 Å². The van der Waals surface area contributed by atoms with E-state index in [0.717, 1.165) is 59.7 Å². The lowest BCUT2D eigenvalue weighted by molar-refractivity contribution is 0.0965. The van der Waals surface area contributed by atoms with E-state index in [4.69, 9.17) is 4.74 Å². The highest BCUT2D eigenvalue weighted by atomic mass is 16.5. The number of rotatable bonds is 4. The second kappa shape index (κ2) is 7.72. The van der Waals surface area contributed by atoms with Crippen molar-refractivity contribution in [1.82, 2.24) is 10.6 Å². The van der Waals surface area contributed by atoms with Crippen LogP contribution in [-0.2, 0) is 6.54 Å². The Labute approximate surface area is 170 Å². The van der Waals surface area contributed by atoms with Gasteiger partial charge in [-0.05, 0) is 84.4 Å². The number of carbonyl (C=O) groups excluding carboxylic acids is 1. The van der Waals surface area contributed by atoms with Gasteiger partial charge >= 0.3 is 0 Å². The SMILES string of the molecule is O=C1NCc2c1cc(C1CCNCC1)cc2-c1ccc(Oc2ccccc2)cc1. The molecule has 0 aromatic heterocycles. The van der Waals surface area contributed by atoms with E-state index in [1.54, 1.807) is 0 Å². The highest BCUT2D eigenvalue weighted by Crippen LogP contribution is 2.36. The van der Waals surface area contributed by atoms with Crippen molar-refractivity contribution in [2.45, 2.75) is 25.3 Å². The second-order valence-corrected chi connectivity index (χ2v) is 7.74. The van der Waals surface area contributed by atoms with Crippen LogP contribution >= 0.6 is 0 Å². The highest BCUT2D eigenvalue weighted by molar-refractivity contribution is 6.00. The molecule has 0 radical (unpaired) electrons. The summed E-state index contributed by atoms with van der Waals surface area (Å²) in [5.74, 6) is 2.18. The lowest BCUT2D eigenvalue weighted by Crippen LogP contribution is -2.26. The molecule has 2 aliphatic heterocycles. The molecule has 0 saturated carbocycles. The fraction of sp³-hybridized carbons (Fsp3) is 0.240. The molecule has 2 heterocycles. The molecule has 1 saturated heterocycles. The third kappa shape index (κ3) is 3.64. The van der Waals surface area contributed by atoms with Gasteiger partial charge in [-0.3, -0.25) is 4.79 Å². The fourth-order valence-electron chi connectivity index (χ4n) is 4.33. The van der Waals surface area contributed by atoms with E-state index in [1.165, 1.54) is 5.56 Å². The largest absolute Gasteiger partial charge is 0.457 e. The number of hydrogen-bond donors (Lipinski definition) is 2. The lowest BCUT2D eigenvalue weighted by Gasteiger charge is -2.24. The summed E-state index contributed by atoms with van der Waals surface area (Å²) in [7, 11) is 0. The van der Waals surface area contributed by atoms with Gasteiger partial charge in [-0.15, -0.1) is 0 Å². The normalized spacial score (nSPS) is 16.3. The number of amides is 1. The summed E-state index contributed by atoms with van der Waals surface area (Å²) in [6.45, 7) is 2.67. The number of hydrogen-bond acceptors (Lipinski definition) is 3.